The molecule has 3 heterocycles. The van der Waals surface area contributed by atoms with Crippen molar-refractivity contribution in [2.24, 2.45) is 0 Å². The molecule has 28 heavy (non-hydrogen) atoms. The summed E-state index contributed by atoms with van der Waals surface area (Å²) in [7, 11) is 0. The number of H-pyrrole nitrogens is 1. The first-order chi connectivity index (χ1) is 13.8. The van der Waals surface area contributed by atoms with Crippen LogP contribution in [0.25, 0.3) is 33.8 Å². The fourth-order valence-corrected chi connectivity index (χ4v) is 3.79. The van der Waals surface area contributed by atoms with Crippen LogP contribution < -0.4 is 0 Å². The molecule has 0 bridgehead atoms. The molecule has 0 saturated carbocycles. The zero-order valence-corrected chi connectivity index (χ0v) is 15.9. The van der Waals surface area contributed by atoms with Crippen LogP contribution in [0.4, 0.5) is 0 Å². The minimum Gasteiger partial charge on any atom is -0.441 e. The summed E-state index contributed by atoms with van der Waals surface area (Å²) >= 11 is 1.45. The normalized spacial score (nSPS) is 11.3. The van der Waals surface area contributed by atoms with Crippen LogP contribution in [0, 0.1) is 6.92 Å². The van der Waals surface area contributed by atoms with Crippen LogP contribution in [0.2, 0.25) is 0 Å². The summed E-state index contributed by atoms with van der Waals surface area (Å²) in [6.45, 7) is 1.92. The molecule has 0 aliphatic carbocycles. The van der Waals surface area contributed by atoms with Crippen molar-refractivity contribution in [3.05, 3.63) is 72.2 Å². The average Bonchev–Trinajstić information content (AvgIpc) is 3.45. The Kier molecular flexibility index (Phi) is 4.21. The van der Waals surface area contributed by atoms with Gasteiger partial charge in [0.15, 0.2) is 0 Å². The maximum atomic E-state index is 5.85. The number of hydrogen-bond donors (Lipinski definition) is 1. The lowest BCUT2D eigenvalue weighted by Gasteiger charge is -1.94. The van der Waals surface area contributed by atoms with Gasteiger partial charge in [0.1, 0.15) is 5.76 Å². The highest BCUT2D eigenvalue weighted by Crippen LogP contribution is 2.31. The Labute approximate surface area is 165 Å². The van der Waals surface area contributed by atoms with Crippen LogP contribution in [-0.4, -0.2) is 20.2 Å². The van der Waals surface area contributed by atoms with E-state index in [1.807, 2.05) is 67.7 Å². The van der Waals surface area contributed by atoms with Crippen molar-refractivity contribution in [3.8, 4) is 22.9 Å². The minimum atomic E-state index is 0.502. The van der Waals surface area contributed by atoms with E-state index in [-0.39, 0.29) is 0 Å². The molecule has 0 aliphatic rings. The van der Waals surface area contributed by atoms with E-state index in [4.69, 9.17) is 8.83 Å². The summed E-state index contributed by atoms with van der Waals surface area (Å²) in [5, 5.41) is 9.92. The van der Waals surface area contributed by atoms with Gasteiger partial charge in [0, 0.05) is 28.4 Å². The van der Waals surface area contributed by atoms with E-state index in [1.165, 1.54) is 11.8 Å². The molecule has 138 valence electrons. The molecule has 0 amide bonds. The Morgan fingerprint density at radius 3 is 2.64 bits per heavy atom. The van der Waals surface area contributed by atoms with Crippen molar-refractivity contribution in [2.75, 3.05) is 0 Å². The topological polar surface area (TPSA) is 80.7 Å². The molecule has 0 unspecified atom stereocenters. The van der Waals surface area contributed by atoms with Crippen molar-refractivity contribution >= 4 is 22.7 Å². The van der Waals surface area contributed by atoms with Gasteiger partial charge in [0.25, 0.3) is 11.1 Å². The van der Waals surface area contributed by atoms with Crippen molar-refractivity contribution in [3.63, 3.8) is 0 Å². The second-order valence-electron chi connectivity index (χ2n) is 6.30. The molecule has 0 aliphatic heterocycles. The Bertz CT molecular complexity index is 1240. The number of rotatable bonds is 5. The number of para-hydroxylation sites is 1. The summed E-state index contributed by atoms with van der Waals surface area (Å²) in [5.41, 5.74) is 3.77. The number of aryl methyl sites for hydroxylation is 1. The number of thioether (sulfide) groups is 1. The van der Waals surface area contributed by atoms with Gasteiger partial charge in [0.05, 0.1) is 11.3 Å². The third-order valence-electron chi connectivity index (χ3n) is 4.47. The quantitative estimate of drug-likeness (QED) is 0.402. The third-order valence-corrected chi connectivity index (χ3v) is 5.30. The van der Waals surface area contributed by atoms with E-state index >= 15 is 0 Å². The number of nitrogens with one attached hydrogen (secondary N) is 1. The monoisotopic (exact) mass is 388 g/mol. The fraction of sp³-hybridized carbons (Fsp3) is 0.0952. The molecule has 7 heteroatoms. The number of oxazole rings is 1. The highest BCUT2D eigenvalue weighted by atomic mass is 32.2. The van der Waals surface area contributed by atoms with E-state index in [0.29, 0.717) is 22.8 Å². The van der Waals surface area contributed by atoms with E-state index < -0.39 is 0 Å². The summed E-state index contributed by atoms with van der Waals surface area (Å²) < 4.78 is 11.7. The number of aromatic nitrogens is 4. The van der Waals surface area contributed by atoms with Crippen molar-refractivity contribution in [1.29, 1.82) is 0 Å². The molecule has 5 rings (SSSR count). The molecular formula is C21H16N4O2S. The number of nitrogens with zero attached hydrogens (tertiary/aromatic N) is 3. The Hall–Kier alpha value is -3.32. The smallest absolute Gasteiger partial charge is 0.277 e. The highest BCUT2D eigenvalue weighted by Gasteiger charge is 2.16. The number of hydrogen-bond acceptors (Lipinski definition) is 6. The van der Waals surface area contributed by atoms with Crippen LogP contribution in [0.1, 0.15) is 11.5 Å². The van der Waals surface area contributed by atoms with E-state index in [2.05, 4.69) is 20.2 Å². The highest BCUT2D eigenvalue weighted by molar-refractivity contribution is 7.98. The van der Waals surface area contributed by atoms with Crippen LogP contribution in [0.15, 0.2) is 74.9 Å². The lowest BCUT2D eigenvalue weighted by atomic mass is 10.2. The van der Waals surface area contributed by atoms with Gasteiger partial charge in [-0.05, 0) is 25.1 Å². The number of fused-ring (bicyclic) bond motifs is 1. The van der Waals surface area contributed by atoms with Crippen LogP contribution in [-0.2, 0) is 5.75 Å². The first-order valence-corrected chi connectivity index (χ1v) is 9.81. The lowest BCUT2D eigenvalue weighted by molar-refractivity contribution is 0.466. The van der Waals surface area contributed by atoms with Crippen LogP contribution >= 0.6 is 11.8 Å². The van der Waals surface area contributed by atoms with E-state index in [1.54, 1.807) is 0 Å². The minimum absolute atomic E-state index is 0.502. The molecule has 5 aromatic rings. The van der Waals surface area contributed by atoms with Crippen molar-refractivity contribution in [2.45, 2.75) is 17.9 Å². The fourth-order valence-electron chi connectivity index (χ4n) is 3.02. The molecule has 1 N–H and O–H groups in total. The zero-order valence-electron chi connectivity index (χ0n) is 15.0. The SMILES string of the molecule is Cc1oc(-c2ccccc2)nc1CSc1nnc(-c2c[nH]c3ccccc23)o1. The predicted octanol–water partition coefficient (Wildman–Crippen LogP) is 5.47. The number of aromatic amines is 1. The molecule has 0 atom stereocenters. The van der Waals surface area contributed by atoms with Gasteiger partial charge < -0.3 is 13.8 Å². The Morgan fingerprint density at radius 2 is 1.75 bits per heavy atom. The van der Waals surface area contributed by atoms with Gasteiger partial charge in [-0.2, -0.15) is 0 Å². The molecule has 0 radical (unpaired) electrons. The Balaban J connectivity index is 1.34. The summed E-state index contributed by atoms with van der Waals surface area (Å²) in [5.74, 6) is 2.51. The van der Waals surface area contributed by atoms with Gasteiger partial charge in [-0.25, -0.2) is 4.98 Å². The predicted molar refractivity (Wildman–Crippen MR) is 108 cm³/mol. The van der Waals surface area contributed by atoms with Gasteiger partial charge >= 0.3 is 0 Å². The van der Waals surface area contributed by atoms with E-state index in [9.17, 15) is 0 Å². The Morgan fingerprint density at radius 1 is 0.929 bits per heavy atom. The standard InChI is InChI=1S/C21H16N4O2S/c1-13-18(23-19(26-13)14-7-3-2-4-8-14)12-28-21-25-24-20(27-21)16-11-22-17-10-6-5-9-15(16)17/h2-11,22H,12H2,1H3. The van der Waals surface area contributed by atoms with Gasteiger partial charge in [-0.15, -0.1) is 10.2 Å². The lowest BCUT2D eigenvalue weighted by Crippen LogP contribution is -1.84. The third kappa shape index (κ3) is 3.10. The molecule has 6 nitrogen and oxygen atoms in total. The maximum absolute atomic E-state index is 5.85. The molecular weight excluding hydrogens is 372 g/mol. The van der Waals surface area contributed by atoms with Crippen molar-refractivity contribution in [1.82, 2.24) is 20.2 Å². The van der Waals surface area contributed by atoms with Gasteiger partial charge in [-0.1, -0.05) is 48.2 Å². The molecule has 2 aromatic carbocycles. The summed E-state index contributed by atoms with van der Waals surface area (Å²) in [6, 6.07) is 17.9. The first kappa shape index (κ1) is 16.8. The molecule has 0 spiro atoms. The van der Waals surface area contributed by atoms with Gasteiger partial charge in [0.2, 0.25) is 5.89 Å². The summed E-state index contributed by atoms with van der Waals surface area (Å²) in [4.78, 5) is 7.83. The molecule has 0 saturated heterocycles. The second kappa shape index (κ2) is 7.01. The van der Waals surface area contributed by atoms with Crippen LogP contribution in [0.5, 0.6) is 0 Å². The zero-order chi connectivity index (χ0) is 18.9. The van der Waals surface area contributed by atoms with Crippen LogP contribution in [0.3, 0.4) is 0 Å². The average molecular weight is 388 g/mol. The molecule has 3 aromatic heterocycles. The largest absolute Gasteiger partial charge is 0.441 e. The van der Waals surface area contributed by atoms with E-state index in [0.717, 1.165) is 33.5 Å². The van der Waals surface area contributed by atoms with Crippen molar-refractivity contribution < 1.29 is 8.83 Å². The second-order valence-corrected chi connectivity index (χ2v) is 7.22. The summed E-state index contributed by atoms with van der Waals surface area (Å²) in [6.07, 6.45) is 1.89. The maximum Gasteiger partial charge on any atom is 0.277 e. The molecule has 0 fully saturated rings. The van der Waals surface area contributed by atoms with Gasteiger partial charge in [-0.3, -0.25) is 0 Å². The first-order valence-electron chi connectivity index (χ1n) is 8.82. The number of benzene rings is 2.